The van der Waals surface area contributed by atoms with Gasteiger partial charge in [0.05, 0.1) is 11.4 Å². The van der Waals surface area contributed by atoms with E-state index in [2.05, 4.69) is 9.71 Å². The van der Waals surface area contributed by atoms with Crippen LogP contribution in [0.4, 0.5) is 4.79 Å². The second-order valence-electron chi connectivity index (χ2n) is 11.8. The highest BCUT2D eigenvalue weighted by molar-refractivity contribution is 7.94. The lowest BCUT2D eigenvalue weighted by Crippen LogP contribution is -2.50. The van der Waals surface area contributed by atoms with Gasteiger partial charge in [-0.2, -0.15) is 0 Å². The van der Waals surface area contributed by atoms with Crippen molar-refractivity contribution in [1.29, 1.82) is 0 Å². The second kappa shape index (κ2) is 11.0. The highest BCUT2D eigenvalue weighted by Crippen LogP contribution is 2.33. The van der Waals surface area contributed by atoms with Crippen molar-refractivity contribution in [2.75, 3.05) is 13.1 Å². The Labute approximate surface area is 239 Å². The maximum absolute atomic E-state index is 13.9. The molecule has 1 aliphatic heterocycles. The molecule has 0 spiro atoms. The molecule has 1 aromatic heterocycles. The molecule has 0 radical (unpaired) electrons. The lowest BCUT2D eigenvalue weighted by atomic mass is 10.1. The molecule has 2 unspecified atom stereocenters. The smallest absolute Gasteiger partial charge is 0.411 e. The molecule has 1 saturated heterocycles. The Bertz CT molecular complexity index is 1510. The first-order chi connectivity index (χ1) is 19.3. The van der Waals surface area contributed by atoms with Gasteiger partial charge in [-0.3, -0.25) is 14.5 Å². The van der Waals surface area contributed by atoms with Crippen molar-refractivity contribution in [3.8, 4) is 5.88 Å². The van der Waals surface area contributed by atoms with Crippen LogP contribution in [0.5, 0.6) is 5.88 Å². The van der Waals surface area contributed by atoms with Crippen molar-refractivity contribution in [2.45, 2.75) is 83.6 Å². The van der Waals surface area contributed by atoms with Crippen molar-refractivity contribution in [2.24, 2.45) is 0 Å². The van der Waals surface area contributed by atoms with E-state index in [0.29, 0.717) is 12.3 Å². The normalized spacial score (nSPS) is 20.4. The predicted octanol–water partition coefficient (Wildman–Crippen LogP) is 3.41. The molecular weight excluding hydrogens is 548 g/mol. The molecule has 12 heteroatoms. The van der Waals surface area contributed by atoms with Crippen LogP contribution in [-0.2, 0) is 24.3 Å². The summed E-state index contributed by atoms with van der Waals surface area (Å²) in [5, 5.41) is 1.85. The van der Waals surface area contributed by atoms with E-state index in [1.54, 1.807) is 31.9 Å². The Morgan fingerprint density at radius 3 is 2.46 bits per heavy atom. The number of ether oxygens (including phenoxy) is 2. The first-order valence-electron chi connectivity index (χ1n) is 13.9. The van der Waals surface area contributed by atoms with Crippen molar-refractivity contribution in [1.82, 2.24) is 19.5 Å². The van der Waals surface area contributed by atoms with Gasteiger partial charge in [-0.15, -0.1) is 0 Å². The summed E-state index contributed by atoms with van der Waals surface area (Å²) in [5.41, 5.74) is 0.239. The summed E-state index contributed by atoms with van der Waals surface area (Å²) >= 11 is 0. The van der Waals surface area contributed by atoms with Gasteiger partial charge in [-0.05, 0) is 57.6 Å². The molecule has 3 aliphatic rings. The third kappa shape index (κ3) is 6.80. The van der Waals surface area contributed by atoms with E-state index in [0.717, 1.165) is 29.2 Å². The number of sulfonamides is 1. The number of carbonyl (C=O) groups excluding carboxylic acids is 3. The van der Waals surface area contributed by atoms with Crippen LogP contribution in [0.2, 0.25) is 0 Å². The zero-order chi connectivity index (χ0) is 29.5. The van der Waals surface area contributed by atoms with Crippen molar-refractivity contribution < 1.29 is 32.3 Å². The van der Waals surface area contributed by atoms with E-state index in [-0.39, 0.29) is 42.8 Å². The van der Waals surface area contributed by atoms with Crippen LogP contribution in [0.1, 0.15) is 58.4 Å². The molecular formula is C29H36N4O7S. The topological polar surface area (TPSA) is 135 Å². The van der Waals surface area contributed by atoms with Crippen LogP contribution in [0.3, 0.4) is 0 Å². The van der Waals surface area contributed by atoms with Crippen molar-refractivity contribution in [3.05, 3.63) is 47.0 Å². The Kier molecular flexibility index (Phi) is 7.71. The van der Waals surface area contributed by atoms with Crippen molar-refractivity contribution in [3.63, 3.8) is 0 Å². The van der Waals surface area contributed by atoms with Gasteiger partial charge in [0.15, 0.2) is 0 Å². The molecule has 41 heavy (non-hydrogen) atoms. The lowest BCUT2D eigenvalue weighted by molar-refractivity contribution is -0.137. The number of nitrogens with zero attached hydrogens (tertiary/aromatic N) is 3. The fraction of sp³-hybridized carbons (Fsp3) is 0.517. The molecule has 3 amide bonds. The molecule has 11 nitrogen and oxygen atoms in total. The van der Waals surface area contributed by atoms with Gasteiger partial charge in [0.2, 0.25) is 17.7 Å². The molecule has 0 bridgehead atoms. The number of rotatable bonds is 9. The minimum atomic E-state index is -3.80. The number of pyridine rings is 1. The Hall–Kier alpha value is -3.67. The zero-order valence-corrected chi connectivity index (χ0v) is 24.6. The molecule has 220 valence electrons. The molecule has 2 aliphatic carbocycles. The van der Waals surface area contributed by atoms with Gasteiger partial charge in [0, 0.05) is 43.4 Å². The minimum Gasteiger partial charge on any atom is -0.472 e. The average molecular weight is 585 g/mol. The zero-order valence-electron chi connectivity index (χ0n) is 23.8. The number of allylic oxidation sites excluding steroid dienone is 2. The Balaban J connectivity index is 1.33. The van der Waals surface area contributed by atoms with Crippen molar-refractivity contribution >= 4 is 38.7 Å². The SMILES string of the molecule is Cc1cnc(OC2CC(C(=O)N(CCC(=O)NS(=O)(=O)C3=CC3)C3CC3)N(C(=O)OC(C)(C)C)C2)c2ccccc12. The number of fused-ring (bicyclic) bond motifs is 1. The maximum atomic E-state index is 13.9. The highest BCUT2D eigenvalue weighted by Gasteiger charge is 2.46. The van der Waals surface area contributed by atoms with Crippen LogP contribution < -0.4 is 9.46 Å². The minimum absolute atomic E-state index is 0.0399. The number of likely N-dealkylation sites (tertiary alicyclic amines) is 1. The number of hydrogen-bond donors (Lipinski definition) is 1. The van der Waals surface area contributed by atoms with E-state index >= 15 is 0 Å². The fourth-order valence-corrected chi connectivity index (χ4v) is 6.05. The molecule has 2 heterocycles. The summed E-state index contributed by atoms with van der Waals surface area (Å²) in [6, 6.07) is 6.83. The molecule has 2 aromatic rings. The van der Waals surface area contributed by atoms with Crippen LogP contribution in [0, 0.1) is 6.92 Å². The summed E-state index contributed by atoms with van der Waals surface area (Å²) in [6.07, 6.45) is 4.06. The fourth-order valence-electron chi connectivity index (χ4n) is 5.00. The first kappa shape index (κ1) is 28.8. The van der Waals surface area contributed by atoms with E-state index in [1.807, 2.05) is 31.2 Å². The number of benzene rings is 1. The summed E-state index contributed by atoms with van der Waals surface area (Å²) in [4.78, 5) is 47.3. The monoisotopic (exact) mass is 584 g/mol. The third-order valence-electron chi connectivity index (χ3n) is 7.23. The Morgan fingerprint density at radius 2 is 1.83 bits per heavy atom. The van der Waals surface area contributed by atoms with Crippen LogP contribution in [0.15, 0.2) is 41.4 Å². The van der Waals surface area contributed by atoms with E-state index < -0.39 is 39.8 Å². The maximum Gasteiger partial charge on any atom is 0.411 e. The van der Waals surface area contributed by atoms with Gasteiger partial charge in [-0.1, -0.05) is 24.3 Å². The average Bonchev–Trinajstić information content (AvgIpc) is 3.82. The Morgan fingerprint density at radius 1 is 1.15 bits per heavy atom. The molecule has 1 saturated carbocycles. The summed E-state index contributed by atoms with van der Waals surface area (Å²) in [5.74, 6) is -0.562. The number of aryl methyl sites for hydroxylation is 1. The van der Waals surface area contributed by atoms with E-state index in [4.69, 9.17) is 9.47 Å². The van der Waals surface area contributed by atoms with Crippen LogP contribution >= 0.6 is 0 Å². The number of amides is 3. The van der Waals surface area contributed by atoms with Gasteiger partial charge in [0.1, 0.15) is 17.7 Å². The van der Waals surface area contributed by atoms with E-state index in [1.165, 1.54) is 11.0 Å². The van der Waals surface area contributed by atoms with Gasteiger partial charge >= 0.3 is 6.09 Å². The molecule has 2 fully saturated rings. The number of carbonyl (C=O) groups is 3. The summed E-state index contributed by atoms with van der Waals surface area (Å²) in [7, 11) is -3.80. The van der Waals surface area contributed by atoms with Gasteiger partial charge in [-0.25, -0.2) is 22.9 Å². The van der Waals surface area contributed by atoms with E-state index in [9.17, 15) is 22.8 Å². The lowest BCUT2D eigenvalue weighted by Gasteiger charge is -2.31. The summed E-state index contributed by atoms with van der Waals surface area (Å²) in [6.45, 7) is 7.41. The molecule has 1 aromatic carbocycles. The first-order valence-corrected chi connectivity index (χ1v) is 15.4. The molecule has 5 rings (SSSR count). The molecule has 1 N–H and O–H groups in total. The molecule has 2 atom stereocenters. The third-order valence-corrected chi connectivity index (χ3v) is 8.75. The summed E-state index contributed by atoms with van der Waals surface area (Å²) < 4.78 is 38.2. The number of nitrogens with one attached hydrogen (secondary N) is 1. The standard InChI is InChI=1S/C29H36N4O7S/c1-18-16-30-26(23-8-6-5-7-22(18)23)39-20-15-24(33(17-20)28(36)40-29(2,3)4)27(35)32(19-9-10-19)14-13-25(34)31-41(37,38)21-11-12-21/h5-8,11,16,19-20,24H,9-10,12-15,17H2,1-4H3,(H,31,34). The van der Waals surface area contributed by atoms with Gasteiger partial charge in [0.25, 0.3) is 10.0 Å². The van der Waals surface area contributed by atoms with Gasteiger partial charge < -0.3 is 14.4 Å². The largest absolute Gasteiger partial charge is 0.472 e. The highest BCUT2D eigenvalue weighted by atomic mass is 32.2. The van der Waals surface area contributed by atoms with Crippen LogP contribution in [0.25, 0.3) is 10.8 Å². The predicted molar refractivity (Wildman–Crippen MR) is 151 cm³/mol. The number of aromatic nitrogens is 1. The number of hydrogen-bond acceptors (Lipinski definition) is 8. The van der Waals surface area contributed by atoms with Crippen LogP contribution in [-0.4, -0.2) is 78.0 Å². The second-order valence-corrected chi connectivity index (χ2v) is 13.6. The quantitative estimate of drug-likeness (QED) is 0.474.